The number of rotatable bonds is 3. The van der Waals surface area contributed by atoms with Gasteiger partial charge in [-0.1, -0.05) is 19.1 Å². The van der Waals surface area contributed by atoms with E-state index in [1.54, 1.807) is 0 Å². The van der Waals surface area contributed by atoms with Gasteiger partial charge in [0.2, 0.25) is 5.91 Å². The summed E-state index contributed by atoms with van der Waals surface area (Å²) < 4.78 is 5.32. The molecule has 1 aliphatic rings. The third-order valence-corrected chi connectivity index (χ3v) is 3.16. The molecule has 1 saturated heterocycles. The summed E-state index contributed by atoms with van der Waals surface area (Å²) in [4.78, 5) is 11.9. The molecule has 3 nitrogen and oxygen atoms in total. The molecular weight excluding hydrogens is 214 g/mol. The van der Waals surface area contributed by atoms with Crippen LogP contribution in [0.1, 0.15) is 25.3 Å². The Balaban J connectivity index is 1.92. The molecule has 17 heavy (non-hydrogen) atoms. The van der Waals surface area contributed by atoms with Gasteiger partial charge >= 0.3 is 0 Å². The first kappa shape index (κ1) is 12.1. The van der Waals surface area contributed by atoms with E-state index in [-0.39, 0.29) is 11.8 Å². The monoisotopic (exact) mass is 233 g/mol. The summed E-state index contributed by atoms with van der Waals surface area (Å²) in [6.45, 7) is 3.46. The second-order valence-corrected chi connectivity index (χ2v) is 4.45. The number of hydrogen-bond donors (Lipinski definition) is 1. The fraction of sp³-hybridized carbons (Fsp3) is 0.500. The van der Waals surface area contributed by atoms with Gasteiger partial charge < -0.3 is 10.1 Å². The number of carbonyl (C=O) groups excluding carboxylic acids is 1. The van der Waals surface area contributed by atoms with Crippen LogP contribution >= 0.6 is 0 Å². The molecular formula is C14H19NO2. The number of benzene rings is 1. The molecule has 1 N–H and O–H groups in total. The summed E-state index contributed by atoms with van der Waals surface area (Å²) in [7, 11) is 0. The molecule has 0 aliphatic carbocycles. The molecule has 0 spiro atoms. The molecule has 1 aromatic rings. The fourth-order valence-corrected chi connectivity index (χ4v) is 2.02. The van der Waals surface area contributed by atoms with Gasteiger partial charge in [0.1, 0.15) is 0 Å². The first-order chi connectivity index (χ1) is 8.29. The van der Waals surface area contributed by atoms with Gasteiger partial charge in [-0.25, -0.2) is 0 Å². The van der Waals surface area contributed by atoms with Crippen LogP contribution in [0.3, 0.4) is 0 Å². The number of anilines is 1. The smallest absolute Gasteiger partial charge is 0.229 e. The molecule has 0 radical (unpaired) electrons. The van der Waals surface area contributed by atoms with Gasteiger partial charge in [-0.15, -0.1) is 0 Å². The van der Waals surface area contributed by atoms with Crippen molar-refractivity contribution < 1.29 is 9.53 Å². The standard InChI is InChI=1S/C14H19NO2/c1-2-11-5-7-13(8-6-11)15-14(16)12-4-3-9-17-10-12/h5-8,12H,2-4,9-10H2,1H3,(H,15,16). The molecule has 1 unspecified atom stereocenters. The predicted molar refractivity (Wildman–Crippen MR) is 68.0 cm³/mol. The topological polar surface area (TPSA) is 38.3 Å². The van der Waals surface area contributed by atoms with Gasteiger partial charge in [0.15, 0.2) is 0 Å². The lowest BCUT2D eigenvalue weighted by atomic mass is 10.0. The Hall–Kier alpha value is -1.35. The maximum Gasteiger partial charge on any atom is 0.229 e. The van der Waals surface area contributed by atoms with Gasteiger partial charge in [0, 0.05) is 12.3 Å². The predicted octanol–water partition coefficient (Wildman–Crippen LogP) is 2.61. The number of hydrogen-bond acceptors (Lipinski definition) is 2. The number of nitrogens with one attached hydrogen (secondary N) is 1. The Morgan fingerprint density at radius 1 is 1.41 bits per heavy atom. The van der Waals surface area contributed by atoms with E-state index in [4.69, 9.17) is 4.74 Å². The molecule has 1 aromatic carbocycles. The van der Waals surface area contributed by atoms with Crippen LogP contribution in [0.25, 0.3) is 0 Å². The molecule has 1 heterocycles. The van der Waals surface area contributed by atoms with Crippen molar-refractivity contribution in [3.05, 3.63) is 29.8 Å². The first-order valence-electron chi connectivity index (χ1n) is 6.27. The van der Waals surface area contributed by atoms with E-state index in [1.165, 1.54) is 5.56 Å². The van der Waals surface area contributed by atoms with Crippen molar-refractivity contribution in [2.75, 3.05) is 18.5 Å². The zero-order chi connectivity index (χ0) is 12.1. The summed E-state index contributed by atoms with van der Waals surface area (Å²) in [6.07, 6.45) is 2.93. The third-order valence-electron chi connectivity index (χ3n) is 3.16. The van der Waals surface area contributed by atoms with Gasteiger partial charge in [-0.05, 0) is 37.0 Å². The molecule has 1 aliphatic heterocycles. The fourth-order valence-electron chi connectivity index (χ4n) is 2.02. The lowest BCUT2D eigenvalue weighted by molar-refractivity contribution is -0.123. The number of amides is 1. The Morgan fingerprint density at radius 2 is 2.18 bits per heavy atom. The van der Waals surface area contributed by atoms with Crippen molar-refractivity contribution in [1.82, 2.24) is 0 Å². The average molecular weight is 233 g/mol. The molecule has 0 saturated carbocycles. The van der Waals surface area contributed by atoms with Crippen molar-refractivity contribution in [1.29, 1.82) is 0 Å². The van der Waals surface area contributed by atoms with Gasteiger partial charge in [-0.2, -0.15) is 0 Å². The average Bonchev–Trinajstić information content (AvgIpc) is 2.40. The Bertz CT molecular complexity index is 366. The van der Waals surface area contributed by atoms with Crippen LogP contribution in [0.4, 0.5) is 5.69 Å². The summed E-state index contributed by atoms with van der Waals surface area (Å²) >= 11 is 0. The van der Waals surface area contributed by atoms with Crippen molar-refractivity contribution >= 4 is 11.6 Å². The second-order valence-electron chi connectivity index (χ2n) is 4.45. The lowest BCUT2D eigenvalue weighted by Gasteiger charge is -2.21. The third kappa shape index (κ3) is 3.30. The Kier molecular flexibility index (Phi) is 4.15. The van der Waals surface area contributed by atoms with E-state index in [2.05, 4.69) is 12.2 Å². The molecule has 1 fully saturated rings. The minimum absolute atomic E-state index is 0.00889. The van der Waals surface area contributed by atoms with Crippen LogP contribution in [-0.2, 0) is 16.0 Å². The number of carbonyl (C=O) groups is 1. The van der Waals surface area contributed by atoms with Crippen LogP contribution in [0.2, 0.25) is 0 Å². The highest BCUT2D eigenvalue weighted by atomic mass is 16.5. The Labute approximate surface area is 102 Å². The first-order valence-corrected chi connectivity index (χ1v) is 6.27. The van der Waals surface area contributed by atoms with Crippen molar-refractivity contribution in [2.45, 2.75) is 26.2 Å². The molecule has 92 valence electrons. The van der Waals surface area contributed by atoms with Gasteiger partial charge in [0.05, 0.1) is 12.5 Å². The van der Waals surface area contributed by atoms with Crippen molar-refractivity contribution in [2.24, 2.45) is 5.92 Å². The summed E-state index contributed by atoms with van der Waals surface area (Å²) in [5, 5.41) is 2.94. The minimum atomic E-state index is 0.00889. The maximum absolute atomic E-state index is 11.9. The highest BCUT2D eigenvalue weighted by Crippen LogP contribution is 2.17. The SMILES string of the molecule is CCc1ccc(NC(=O)C2CCCOC2)cc1. The molecule has 3 heteroatoms. The van der Waals surface area contributed by atoms with E-state index >= 15 is 0 Å². The molecule has 2 rings (SSSR count). The van der Waals surface area contributed by atoms with Gasteiger partial charge in [-0.3, -0.25) is 4.79 Å². The van der Waals surface area contributed by atoms with E-state index in [0.717, 1.165) is 31.6 Å². The van der Waals surface area contributed by atoms with Crippen LogP contribution in [0, 0.1) is 5.92 Å². The van der Waals surface area contributed by atoms with Crippen LogP contribution in [0.15, 0.2) is 24.3 Å². The summed E-state index contributed by atoms with van der Waals surface area (Å²) in [5.41, 5.74) is 2.15. The molecule has 0 bridgehead atoms. The number of ether oxygens (including phenoxy) is 1. The molecule has 1 amide bonds. The molecule has 1 atom stereocenters. The molecule has 0 aromatic heterocycles. The zero-order valence-corrected chi connectivity index (χ0v) is 10.2. The largest absolute Gasteiger partial charge is 0.381 e. The van der Waals surface area contributed by atoms with Gasteiger partial charge in [0.25, 0.3) is 0 Å². The summed E-state index contributed by atoms with van der Waals surface area (Å²) in [6, 6.07) is 8.01. The van der Waals surface area contributed by atoms with Crippen LogP contribution < -0.4 is 5.32 Å². The van der Waals surface area contributed by atoms with E-state index in [1.807, 2.05) is 24.3 Å². The zero-order valence-electron chi connectivity index (χ0n) is 10.2. The Morgan fingerprint density at radius 3 is 2.76 bits per heavy atom. The lowest BCUT2D eigenvalue weighted by Crippen LogP contribution is -2.30. The highest BCUT2D eigenvalue weighted by molar-refractivity contribution is 5.92. The minimum Gasteiger partial charge on any atom is -0.381 e. The van der Waals surface area contributed by atoms with Crippen LogP contribution in [-0.4, -0.2) is 19.1 Å². The van der Waals surface area contributed by atoms with E-state index in [0.29, 0.717) is 6.61 Å². The maximum atomic E-state index is 11.9. The van der Waals surface area contributed by atoms with E-state index in [9.17, 15) is 4.79 Å². The quantitative estimate of drug-likeness (QED) is 0.871. The van der Waals surface area contributed by atoms with Crippen LogP contribution in [0.5, 0.6) is 0 Å². The van der Waals surface area contributed by atoms with E-state index < -0.39 is 0 Å². The number of aryl methyl sites for hydroxylation is 1. The summed E-state index contributed by atoms with van der Waals surface area (Å²) in [5.74, 6) is 0.0866. The normalized spacial score (nSPS) is 19.9. The second kappa shape index (κ2) is 5.82. The van der Waals surface area contributed by atoms with Crippen molar-refractivity contribution in [3.8, 4) is 0 Å². The highest BCUT2D eigenvalue weighted by Gasteiger charge is 2.21. The van der Waals surface area contributed by atoms with Crippen molar-refractivity contribution in [3.63, 3.8) is 0 Å².